The first kappa shape index (κ1) is 19.6. The minimum absolute atomic E-state index is 0.127. The van der Waals surface area contributed by atoms with Crippen molar-refractivity contribution in [2.24, 2.45) is 0 Å². The predicted octanol–water partition coefficient (Wildman–Crippen LogP) is 3.25. The van der Waals surface area contributed by atoms with Crippen LogP contribution in [-0.2, 0) is 12.0 Å². The molecule has 32 heavy (non-hydrogen) atoms. The van der Waals surface area contributed by atoms with Crippen molar-refractivity contribution < 1.29 is 9.53 Å². The number of rotatable bonds is 3. The Kier molecular flexibility index (Phi) is 3.83. The number of halogens is 1. The highest BCUT2D eigenvalue weighted by Crippen LogP contribution is 2.68. The van der Waals surface area contributed by atoms with Crippen LogP contribution in [0.2, 0.25) is 5.02 Å². The second-order valence-corrected chi connectivity index (χ2v) is 9.83. The van der Waals surface area contributed by atoms with Crippen LogP contribution in [0.4, 0.5) is 0 Å². The van der Waals surface area contributed by atoms with E-state index in [9.17, 15) is 9.59 Å². The van der Waals surface area contributed by atoms with Gasteiger partial charge in [0.15, 0.2) is 0 Å². The van der Waals surface area contributed by atoms with Crippen molar-refractivity contribution in [3.8, 4) is 11.4 Å². The lowest BCUT2D eigenvalue weighted by molar-refractivity contribution is 0.0666. The van der Waals surface area contributed by atoms with Crippen LogP contribution in [0.3, 0.4) is 0 Å². The third-order valence-corrected chi connectivity index (χ3v) is 7.54. The van der Waals surface area contributed by atoms with Crippen molar-refractivity contribution in [3.63, 3.8) is 0 Å². The Morgan fingerprint density at radius 3 is 2.75 bits per heavy atom. The summed E-state index contributed by atoms with van der Waals surface area (Å²) in [5.74, 6) is 0.616. The van der Waals surface area contributed by atoms with Gasteiger partial charge in [0.1, 0.15) is 22.7 Å². The van der Waals surface area contributed by atoms with Crippen LogP contribution in [0.5, 0.6) is 5.75 Å². The van der Waals surface area contributed by atoms with E-state index in [-0.39, 0.29) is 22.5 Å². The van der Waals surface area contributed by atoms with Gasteiger partial charge >= 0.3 is 0 Å². The van der Waals surface area contributed by atoms with Crippen molar-refractivity contribution in [1.82, 2.24) is 19.0 Å². The smallest absolute Gasteiger partial charge is 0.275 e. The first-order chi connectivity index (χ1) is 15.2. The van der Waals surface area contributed by atoms with Gasteiger partial charge in [0, 0.05) is 37.8 Å². The second-order valence-electron chi connectivity index (χ2n) is 9.42. The fourth-order valence-electron chi connectivity index (χ4n) is 5.45. The van der Waals surface area contributed by atoms with Crippen molar-refractivity contribution >= 4 is 17.5 Å². The molecule has 7 nitrogen and oxygen atoms in total. The zero-order chi connectivity index (χ0) is 22.4. The van der Waals surface area contributed by atoms with Crippen molar-refractivity contribution in [2.45, 2.75) is 44.8 Å². The maximum Gasteiger partial charge on any atom is 0.275 e. The fourth-order valence-corrected chi connectivity index (χ4v) is 5.77. The molecule has 164 valence electrons. The van der Waals surface area contributed by atoms with Gasteiger partial charge in [-0.3, -0.25) is 9.59 Å². The first-order valence-electron chi connectivity index (χ1n) is 10.8. The van der Waals surface area contributed by atoms with Crippen LogP contribution in [-0.4, -0.2) is 43.6 Å². The molecular formula is C24H23ClN4O3. The summed E-state index contributed by atoms with van der Waals surface area (Å²) in [6.07, 6.45) is 4.27. The molecule has 1 saturated carbocycles. The molecule has 1 aromatic carbocycles. The van der Waals surface area contributed by atoms with Crippen LogP contribution in [0.25, 0.3) is 5.69 Å². The standard InChI is InChI=1S/C24H23ClN4O3/c1-14-8-16-20(17(25)9-14)32-23(3)11-24(16,23)12-27-6-7-29-19(21(27)30)5-4-18(22(29)31)28-10-15(2)26-13-28/h4-5,8-10,13H,6-7,11-12H2,1-3H3/t23-,24+/m1/s1. The molecule has 4 heterocycles. The maximum atomic E-state index is 13.4. The second kappa shape index (κ2) is 6.25. The summed E-state index contributed by atoms with van der Waals surface area (Å²) < 4.78 is 9.54. The Morgan fingerprint density at radius 2 is 2.00 bits per heavy atom. The Balaban J connectivity index is 1.34. The van der Waals surface area contributed by atoms with E-state index in [4.69, 9.17) is 16.3 Å². The van der Waals surface area contributed by atoms with Gasteiger partial charge in [0.25, 0.3) is 11.5 Å². The molecule has 2 aromatic heterocycles. The molecular weight excluding hydrogens is 428 g/mol. The Bertz CT molecular complexity index is 1380. The Hall–Kier alpha value is -3.06. The number of nitrogens with zero attached hydrogens (tertiary/aromatic N) is 4. The molecule has 0 N–H and O–H groups in total. The summed E-state index contributed by atoms with van der Waals surface area (Å²) in [5.41, 5.74) is 3.12. The van der Waals surface area contributed by atoms with E-state index in [1.165, 1.54) is 0 Å². The molecule has 0 saturated heterocycles. The quantitative estimate of drug-likeness (QED) is 0.614. The maximum absolute atomic E-state index is 13.4. The SMILES string of the molecule is Cc1cc(Cl)c2c(c1)[C@@]1(CN3CCn4c(ccc(-n5cnc(C)c5)c4=O)C3=O)C[C@@]1(C)O2. The summed E-state index contributed by atoms with van der Waals surface area (Å²) >= 11 is 6.46. The van der Waals surface area contributed by atoms with E-state index in [2.05, 4.69) is 18.0 Å². The number of carbonyl (C=O) groups is 1. The summed E-state index contributed by atoms with van der Waals surface area (Å²) in [6.45, 7) is 7.46. The molecule has 8 heteroatoms. The van der Waals surface area contributed by atoms with E-state index in [0.717, 1.165) is 29.0 Å². The number of benzene rings is 1. The molecule has 6 rings (SSSR count). The molecule has 0 unspecified atom stereocenters. The van der Waals surface area contributed by atoms with Crippen molar-refractivity contribution in [3.05, 3.63) is 74.7 Å². The number of aryl methyl sites for hydroxylation is 2. The largest absolute Gasteiger partial charge is 0.485 e. The van der Waals surface area contributed by atoms with Gasteiger partial charge in [-0.15, -0.1) is 0 Å². The number of ether oxygens (including phenoxy) is 1. The van der Waals surface area contributed by atoms with E-state index < -0.39 is 0 Å². The molecule has 0 radical (unpaired) electrons. The van der Waals surface area contributed by atoms with Gasteiger partial charge in [-0.05, 0) is 44.5 Å². The average molecular weight is 451 g/mol. The molecule has 0 bridgehead atoms. The molecule has 2 aliphatic heterocycles. The summed E-state index contributed by atoms with van der Waals surface area (Å²) in [4.78, 5) is 32.5. The number of hydrogen-bond donors (Lipinski definition) is 0. The summed E-state index contributed by atoms with van der Waals surface area (Å²) in [5, 5.41) is 0.622. The number of hydrogen-bond acceptors (Lipinski definition) is 4. The molecule has 2 atom stereocenters. The highest BCUT2D eigenvalue weighted by Gasteiger charge is 2.73. The highest BCUT2D eigenvalue weighted by molar-refractivity contribution is 6.32. The van der Waals surface area contributed by atoms with Gasteiger partial charge in [-0.1, -0.05) is 17.7 Å². The molecule has 1 amide bonds. The molecule has 1 fully saturated rings. The topological polar surface area (TPSA) is 69.4 Å². The molecule has 3 aliphatic rings. The van der Waals surface area contributed by atoms with Gasteiger partial charge in [-0.25, -0.2) is 4.98 Å². The minimum atomic E-state index is -0.354. The number of fused-ring (bicyclic) bond motifs is 4. The number of pyridine rings is 1. The zero-order valence-corrected chi connectivity index (χ0v) is 18.9. The molecule has 3 aromatic rings. The van der Waals surface area contributed by atoms with Gasteiger partial charge in [0.05, 0.1) is 22.5 Å². The third-order valence-electron chi connectivity index (χ3n) is 7.26. The van der Waals surface area contributed by atoms with Gasteiger partial charge < -0.3 is 18.8 Å². The van der Waals surface area contributed by atoms with Gasteiger partial charge in [0.2, 0.25) is 0 Å². The van der Waals surface area contributed by atoms with E-state index in [1.54, 1.807) is 33.8 Å². The Labute approximate surface area is 190 Å². The van der Waals surface area contributed by atoms with E-state index >= 15 is 0 Å². The average Bonchev–Trinajstić information content (AvgIpc) is 2.99. The lowest BCUT2D eigenvalue weighted by Crippen LogP contribution is -2.48. The van der Waals surface area contributed by atoms with Crippen LogP contribution in [0, 0.1) is 13.8 Å². The molecule has 0 spiro atoms. The van der Waals surface area contributed by atoms with Crippen LogP contribution in [0.15, 0.2) is 41.6 Å². The number of carbonyl (C=O) groups excluding carboxylic acids is 1. The molecule has 1 aliphatic carbocycles. The number of imidazole rings is 1. The van der Waals surface area contributed by atoms with Crippen LogP contribution < -0.4 is 10.3 Å². The van der Waals surface area contributed by atoms with E-state index in [0.29, 0.717) is 36.0 Å². The lowest BCUT2D eigenvalue weighted by Gasteiger charge is -2.32. The Morgan fingerprint density at radius 1 is 1.19 bits per heavy atom. The summed E-state index contributed by atoms with van der Waals surface area (Å²) in [6, 6.07) is 7.49. The van der Waals surface area contributed by atoms with Crippen molar-refractivity contribution in [2.75, 3.05) is 13.1 Å². The number of amides is 1. The van der Waals surface area contributed by atoms with E-state index in [1.807, 2.05) is 24.8 Å². The zero-order valence-electron chi connectivity index (χ0n) is 18.2. The van der Waals surface area contributed by atoms with Gasteiger partial charge in [-0.2, -0.15) is 0 Å². The third kappa shape index (κ3) is 2.51. The minimum Gasteiger partial charge on any atom is -0.485 e. The predicted molar refractivity (Wildman–Crippen MR) is 120 cm³/mol. The fraction of sp³-hybridized carbons (Fsp3) is 0.375. The van der Waals surface area contributed by atoms with Crippen LogP contribution >= 0.6 is 11.6 Å². The first-order valence-corrected chi connectivity index (χ1v) is 11.1. The summed E-state index contributed by atoms with van der Waals surface area (Å²) in [7, 11) is 0. The monoisotopic (exact) mass is 450 g/mol. The lowest BCUT2D eigenvalue weighted by atomic mass is 9.91. The normalized spacial score (nSPS) is 25.2. The number of aromatic nitrogens is 3. The van der Waals surface area contributed by atoms with Crippen LogP contribution in [0.1, 0.15) is 40.7 Å². The van der Waals surface area contributed by atoms with Crippen molar-refractivity contribution in [1.29, 1.82) is 0 Å². The highest BCUT2D eigenvalue weighted by atomic mass is 35.5.